The lowest BCUT2D eigenvalue weighted by atomic mass is 10.1. The van der Waals surface area contributed by atoms with Crippen LogP contribution in [0.2, 0.25) is 0 Å². The molecule has 0 radical (unpaired) electrons. The SMILES string of the molecule is CCc1ccccc1NC(=O)CN(C)C(=O)COc1cc(F)ccc1[N+](=O)[O-]. The molecule has 0 saturated heterocycles. The lowest BCUT2D eigenvalue weighted by Crippen LogP contribution is -2.37. The zero-order chi connectivity index (χ0) is 20.7. The highest BCUT2D eigenvalue weighted by molar-refractivity contribution is 5.95. The van der Waals surface area contributed by atoms with Crippen molar-refractivity contribution in [2.45, 2.75) is 13.3 Å². The van der Waals surface area contributed by atoms with E-state index in [1.807, 2.05) is 19.1 Å². The minimum absolute atomic E-state index is 0.231. The molecule has 0 saturated carbocycles. The van der Waals surface area contributed by atoms with Gasteiger partial charge in [-0.25, -0.2) is 4.39 Å². The van der Waals surface area contributed by atoms with E-state index in [0.29, 0.717) is 5.69 Å². The van der Waals surface area contributed by atoms with Crippen LogP contribution in [0, 0.1) is 15.9 Å². The number of hydrogen-bond acceptors (Lipinski definition) is 5. The second-order valence-corrected chi connectivity index (χ2v) is 5.97. The predicted octanol–water partition coefficient (Wildman–Crippen LogP) is 2.77. The number of halogens is 1. The molecule has 2 rings (SSSR count). The summed E-state index contributed by atoms with van der Waals surface area (Å²) >= 11 is 0. The van der Waals surface area contributed by atoms with Crippen molar-refractivity contribution in [3.8, 4) is 5.75 Å². The van der Waals surface area contributed by atoms with Crippen LogP contribution < -0.4 is 10.1 Å². The van der Waals surface area contributed by atoms with E-state index in [9.17, 15) is 24.1 Å². The Morgan fingerprint density at radius 3 is 2.64 bits per heavy atom. The maximum atomic E-state index is 13.3. The minimum Gasteiger partial charge on any atom is -0.477 e. The van der Waals surface area contributed by atoms with Crippen molar-refractivity contribution in [1.82, 2.24) is 4.90 Å². The van der Waals surface area contributed by atoms with Crippen molar-refractivity contribution in [2.75, 3.05) is 25.5 Å². The van der Waals surface area contributed by atoms with Gasteiger partial charge in [0.2, 0.25) is 11.7 Å². The topological polar surface area (TPSA) is 102 Å². The number of aryl methyl sites for hydroxylation is 1. The average molecular weight is 389 g/mol. The highest BCUT2D eigenvalue weighted by Gasteiger charge is 2.19. The second-order valence-electron chi connectivity index (χ2n) is 5.97. The van der Waals surface area contributed by atoms with E-state index in [1.54, 1.807) is 12.1 Å². The van der Waals surface area contributed by atoms with Crippen molar-refractivity contribution in [3.63, 3.8) is 0 Å². The summed E-state index contributed by atoms with van der Waals surface area (Å²) in [4.78, 5) is 35.6. The van der Waals surface area contributed by atoms with Crippen LogP contribution in [0.3, 0.4) is 0 Å². The molecule has 2 aromatic rings. The number of amides is 2. The molecule has 0 heterocycles. The highest BCUT2D eigenvalue weighted by atomic mass is 19.1. The Labute approximate surface area is 161 Å². The van der Waals surface area contributed by atoms with Gasteiger partial charge in [0.25, 0.3) is 5.91 Å². The predicted molar refractivity (Wildman–Crippen MR) is 101 cm³/mol. The van der Waals surface area contributed by atoms with Crippen LogP contribution in [-0.4, -0.2) is 41.8 Å². The number of nitro groups is 1. The first-order valence-electron chi connectivity index (χ1n) is 8.50. The third-order valence-corrected chi connectivity index (χ3v) is 3.95. The van der Waals surface area contributed by atoms with Gasteiger partial charge in [-0.2, -0.15) is 0 Å². The zero-order valence-electron chi connectivity index (χ0n) is 15.5. The molecule has 2 aromatic carbocycles. The molecule has 1 N–H and O–H groups in total. The van der Waals surface area contributed by atoms with Crippen LogP contribution in [0.5, 0.6) is 5.75 Å². The minimum atomic E-state index is -0.735. The standard InChI is InChI=1S/C19H20FN3O5/c1-3-13-6-4-5-7-15(13)21-18(24)11-22(2)19(25)12-28-17-10-14(20)8-9-16(17)23(26)27/h4-10H,3,11-12H2,1-2H3,(H,21,24). The van der Waals surface area contributed by atoms with Gasteiger partial charge in [-0.05, 0) is 24.1 Å². The summed E-state index contributed by atoms with van der Waals surface area (Å²) < 4.78 is 18.4. The van der Waals surface area contributed by atoms with Gasteiger partial charge in [-0.3, -0.25) is 19.7 Å². The quantitative estimate of drug-likeness (QED) is 0.553. The summed E-state index contributed by atoms with van der Waals surface area (Å²) in [6.45, 7) is 1.16. The van der Waals surface area contributed by atoms with E-state index in [4.69, 9.17) is 4.74 Å². The smallest absolute Gasteiger partial charge is 0.311 e. The van der Waals surface area contributed by atoms with E-state index in [2.05, 4.69) is 5.32 Å². The molecular weight excluding hydrogens is 369 g/mol. The molecule has 148 valence electrons. The normalized spacial score (nSPS) is 10.2. The van der Waals surface area contributed by atoms with Crippen LogP contribution in [0.1, 0.15) is 12.5 Å². The maximum absolute atomic E-state index is 13.3. The first-order valence-corrected chi connectivity index (χ1v) is 8.50. The molecular formula is C19H20FN3O5. The Bertz CT molecular complexity index is 888. The van der Waals surface area contributed by atoms with Gasteiger partial charge in [-0.15, -0.1) is 0 Å². The third kappa shape index (κ3) is 5.50. The van der Waals surface area contributed by atoms with Gasteiger partial charge < -0.3 is 15.0 Å². The number of nitro benzene ring substituents is 1. The Morgan fingerprint density at radius 2 is 1.96 bits per heavy atom. The van der Waals surface area contributed by atoms with E-state index in [1.165, 1.54) is 7.05 Å². The number of likely N-dealkylation sites (N-methyl/N-ethyl adjacent to an activating group) is 1. The number of benzene rings is 2. The number of para-hydroxylation sites is 1. The lowest BCUT2D eigenvalue weighted by Gasteiger charge is -2.18. The van der Waals surface area contributed by atoms with Gasteiger partial charge in [0.15, 0.2) is 6.61 Å². The van der Waals surface area contributed by atoms with Crippen molar-refractivity contribution in [1.29, 1.82) is 0 Å². The van der Waals surface area contributed by atoms with Crippen molar-refractivity contribution < 1.29 is 23.6 Å². The molecule has 0 atom stereocenters. The molecule has 0 unspecified atom stereocenters. The Hall–Kier alpha value is -3.49. The molecule has 0 aliphatic carbocycles. The summed E-state index contributed by atoms with van der Waals surface area (Å²) in [5.74, 6) is -2.06. The number of nitrogens with one attached hydrogen (secondary N) is 1. The van der Waals surface area contributed by atoms with Crippen LogP contribution in [0.25, 0.3) is 0 Å². The van der Waals surface area contributed by atoms with Gasteiger partial charge in [0.1, 0.15) is 5.82 Å². The molecule has 0 aliphatic heterocycles. The number of anilines is 1. The molecule has 0 spiro atoms. The fourth-order valence-electron chi connectivity index (χ4n) is 2.45. The fourth-order valence-corrected chi connectivity index (χ4v) is 2.45. The Kier molecular flexibility index (Phi) is 7.02. The summed E-state index contributed by atoms with van der Waals surface area (Å²) in [5, 5.41) is 13.7. The van der Waals surface area contributed by atoms with Crippen LogP contribution in [0.15, 0.2) is 42.5 Å². The molecule has 9 heteroatoms. The highest BCUT2D eigenvalue weighted by Crippen LogP contribution is 2.27. The van der Waals surface area contributed by atoms with Crippen LogP contribution in [0.4, 0.5) is 15.8 Å². The summed E-state index contributed by atoms with van der Waals surface area (Å²) in [6, 6.07) is 10.0. The van der Waals surface area contributed by atoms with Crippen molar-refractivity contribution in [2.24, 2.45) is 0 Å². The number of rotatable bonds is 8. The lowest BCUT2D eigenvalue weighted by molar-refractivity contribution is -0.385. The average Bonchev–Trinajstić information content (AvgIpc) is 2.66. The Balaban J connectivity index is 1.93. The molecule has 2 amide bonds. The number of ether oxygens (including phenoxy) is 1. The fraction of sp³-hybridized carbons (Fsp3) is 0.263. The zero-order valence-corrected chi connectivity index (χ0v) is 15.5. The van der Waals surface area contributed by atoms with E-state index in [0.717, 1.165) is 35.1 Å². The van der Waals surface area contributed by atoms with Gasteiger partial charge in [0, 0.05) is 24.9 Å². The molecule has 8 nitrogen and oxygen atoms in total. The number of carbonyl (C=O) groups is 2. The number of carbonyl (C=O) groups excluding carboxylic acids is 2. The van der Waals surface area contributed by atoms with Crippen molar-refractivity contribution in [3.05, 3.63) is 64.0 Å². The summed E-state index contributed by atoms with van der Waals surface area (Å²) in [7, 11) is 1.40. The Morgan fingerprint density at radius 1 is 1.25 bits per heavy atom. The summed E-state index contributed by atoms with van der Waals surface area (Å²) in [5.41, 5.74) is 1.18. The molecule has 28 heavy (non-hydrogen) atoms. The van der Waals surface area contributed by atoms with E-state index >= 15 is 0 Å². The molecule has 0 bridgehead atoms. The monoisotopic (exact) mass is 389 g/mol. The number of nitrogens with zero attached hydrogens (tertiary/aromatic N) is 2. The first kappa shape index (κ1) is 20.8. The van der Waals surface area contributed by atoms with Crippen LogP contribution in [-0.2, 0) is 16.0 Å². The van der Waals surface area contributed by atoms with E-state index in [-0.39, 0.29) is 12.3 Å². The van der Waals surface area contributed by atoms with E-state index < -0.39 is 34.8 Å². The molecule has 0 aromatic heterocycles. The van der Waals surface area contributed by atoms with Crippen molar-refractivity contribution >= 4 is 23.2 Å². The second kappa shape index (κ2) is 9.45. The van der Waals surface area contributed by atoms with Crippen LogP contribution >= 0.6 is 0 Å². The van der Waals surface area contributed by atoms with Gasteiger partial charge >= 0.3 is 5.69 Å². The van der Waals surface area contributed by atoms with Gasteiger partial charge in [0.05, 0.1) is 11.5 Å². The molecule has 0 fully saturated rings. The summed E-state index contributed by atoms with van der Waals surface area (Å²) in [6.07, 6.45) is 0.742. The first-order chi connectivity index (χ1) is 13.3. The number of hydrogen-bond donors (Lipinski definition) is 1. The third-order valence-electron chi connectivity index (χ3n) is 3.95. The maximum Gasteiger partial charge on any atom is 0.311 e. The largest absolute Gasteiger partial charge is 0.477 e. The molecule has 0 aliphatic rings. The van der Waals surface area contributed by atoms with Gasteiger partial charge in [-0.1, -0.05) is 25.1 Å².